The summed E-state index contributed by atoms with van der Waals surface area (Å²) in [6, 6.07) is 1.43. The van der Waals surface area contributed by atoms with Gasteiger partial charge in [0.1, 0.15) is 0 Å². The van der Waals surface area contributed by atoms with E-state index in [1.54, 1.807) is 10.8 Å². The zero-order chi connectivity index (χ0) is 27.3. The van der Waals surface area contributed by atoms with E-state index in [2.05, 4.69) is 22.7 Å². The third-order valence-corrected chi connectivity index (χ3v) is 9.44. The van der Waals surface area contributed by atoms with Gasteiger partial charge in [0.15, 0.2) is 0 Å². The summed E-state index contributed by atoms with van der Waals surface area (Å²) in [5, 5.41) is 0. The minimum atomic E-state index is -4.56. The van der Waals surface area contributed by atoms with Crippen molar-refractivity contribution in [3.8, 4) is 0 Å². The summed E-state index contributed by atoms with van der Waals surface area (Å²) in [4.78, 5) is 15.8. The highest BCUT2D eigenvalue weighted by molar-refractivity contribution is 5.56. The Kier molecular flexibility index (Phi) is 7.56. The molecule has 3 aliphatic heterocycles. The molecule has 216 valence electrons. The number of imidazole rings is 1. The topological polar surface area (TPSA) is 72.2 Å². The summed E-state index contributed by atoms with van der Waals surface area (Å²) in [6.07, 6.45) is 2.16. The van der Waals surface area contributed by atoms with Crippen molar-refractivity contribution in [3.63, 3.8) is 0 Å². The second-order valence-corrected chi connectivity index (χ2v) is 12.2. The molecule has 11 heteroatoms. The Hall–Kier alpha value is -1.92. The predicted octanol–water partition coefficient (Wildman–Crippen LogP) is 3.45. The Morgan fingerprint density at radius 3 is 2.64 bits per heavy atom. The molecule has 3 saturated heterocycles. The Morgan fingerprint density at radius 2 is 1.97 bits per heavy atom. The van der Waals surface area contributed by atoms with E-state index in [9.17, 15) is 18.0 Å². The van der Waals surface area contributed by atoms with Crippen molar-refractivity contribution < 1.29 is 22.6 Å². The van der Waals surface area contributed by atoms with Crippen LogP contribution < -0.4 is 16.5 Å². The highest BCUT2D eigenvalue weighted by atomic mass is 19.4. The van der Waals surface area contributed by atoms with Crippen molar-refractivity contribution in [2.75, 3.05) is 39.5 Å². The van der Waals surface area contributed by atoms with Gasteiger partial charge in [0, 0.05) is 56.6 Å². The Labute approximate surface area is 226 Å². The number of nitrogens with zero attached hydrogens (tertiary/aromatic N) is 3. The second-order valence-electron chi connectivity index (χ2n) is 12.2. The summed E-state index contributed by atoms with van der Waals surface area (Å²) in [6.45, 7) is 8.84. The van der Waals surface area contributed by atoms with Crippen LogP contribution in [0.25, 0.3) is 5.52 Å². The maximum atomic E-state index is 14.3. The van der Waals surface area contributed by atoms with Crippen molar-refractivity contribution >= 4 is 5.52 Å². The highest BCUT2D eigenvalue weighted by Gasteiger charge is 2.45. The zero-order valence-corrected chi connectivity index (χ0v) is 22.8. The summed E-state index contributed by atoms with van der Waals surface area (Å²) in [5.74, 6) is 1.75. The van der Waals surface area contributed by atoms with E-state index in [-0.39, 0.29) is 23.4 Å². The van der Waals surface area contributed by atoms with Gasteiger partial charge < -0.3 is 9.47 Å². The van der Waals surface area contributed by atoms with Crippen LogP contribution in [0.15, 0.2) is 23.3 Å². The molecule has 0 aromatic carbocycles. The van der Waals surface area contributed by atoms with Crippen LogP contribution in [0.4, 0.5) is 13.2 Å². The monoisotopic (exact) mass is 551 g/mol. The van der Waals surface area contributed by atoms with Crippen LogP contribution in [-0.2, 0) is 22.2 Å². The molecule has 4 fully saturated rings. The number of nitrogens with one attached hydrogen (secondary N) is 2. The van der Waals surface area contributed by atoms with E-state index in [0.29, 0.717) is 61.5 Å². The highest BCUT2D eigenvalue weighted by Crippen LogP contribution is 2.44. The lowest BCUT2D eigenvalue weighted by molar-refractivity contribution is -0.136. The normalized spacial score (nSPS) is 32.0. The third-order valence-electron chi connectivity index (χ3n) is 9.44. The van der Waals surface area contributed by atoms with Gasteiger partial charge in [-0.25, -0.2) is 4.79 Å². The molecule has 5 heterocycles. The van der Waals surface area contributed by atoms with Crippen LogP contribution in [0.5, 0.6) is 0 Å². The lowest BCUT2D eigenvalue weighted by Crippen LogP contribution is -2.51. The van der Waals surface area contributed by atoms with E-state index >= 15 is 0 Å². The number of aromatic nitrogens is 2. The maximum absolute atomic E-state index is 14.3. The fourth-order valence-corrected chi connectivity index (χ4v) is 7.46. The van der Waals surface area contributed by atoms with Gasteiger partial charge in [-0.1, -0.05) is 13.3 Å². The first-order valence-corrected chi connectivity index (χ1v) is 14.4. The van der Waals surface area contributed by atoms with Gasteiger partial charge in [-0.3, -0.25) is 24.7 Å². The van der Waals surface area contributed by atoms with E-state index < -0.39 is 11.7 Å². The predicted molar refractivity (Wildman–Crippen MR) is 140 cm³/mol. The van der Waals surface area contributed by atoms with Crippen molar-refractivity contribution in [2.24, 2.45) is 23.7 Å². The largest absolute Gasteiger partial charge is 0.418 e. The van der Waals surface area contributed by atoms with Gasteiger partial charge in [-0.15, -0.1) is 0 Å². The lowest BCUT2D eigenvalue weighted by Gasteiger charge is -2.45. The first-order valence-electron chi connectivity index (χ1n) is 14.4. The number of halogens is 3. The lowest BCUT2D eigenvalue weighted by atomic mass is 9.67. The molecule has 0 bridgehead atoms. The van der Waals surface area contributed by atoms with Crippen molar-refractivity contribution in [1.82, 2.24) is 24.7 Å². The molecule has 2 N–H and O–H groups in total. The van der Waals surface area contributed by atoms with E-state index in [0.717, 1.165) is 45.4 Å². The van der Waals surface area contributed by atoms with Gasteiger partial charge in [0.2, 0.25) is 0 Å². The Bertz CT molecular complexity index is 1230. The van der Waals surface area contributed by atoms with Crippen LogP contribution >= 0.6 is 0 Å². The smallest absolute Gasteiger partial charge is 0.381 e. The Morgan fingerprint density at radius 1 is 1.15 bits per heavy atom. The average molecular weight is 552 g/mol. The van der Waals surface area contributed by atoms with Gasteiger partial charge in [-0.2, -0.15) is 13.2 Å². The fourth-order valence-electron chi connectivity index (χ4n) is 7.46. The quantitative estimate of drug-likeness (QED) is 0.573. The van der Waals surface area contributed by atoms with Crippen LogP contribution in [0.2, 0.25) is 0 Å². The number of fused-ring (bicyclic) bond motifs is 1. The van der Waals surface area contributed by atoms with Gasteiger partial charge in [-0.05, 0) is 55.6 Å². The number of pyridine rings is 1. The van der Waals surface area contributed by atoms with Crippen molar-refractivity contribution in [3.05, 3.63) is 40.1 Å². The van der Waals surface area contributed by atoms with Crippen molar-refractivity contribution in [1.29, 1.82) is 0 Å². The molecule has 0 radical (unpaired) electrons. The molecule has 1 saturated carbocycles. The maximum Gasteiger partial charge on any atom is 0.418 e. The first-order chi connectivity index (χ1) is 18.7. The number of rotatable bonds is 6. The molecule has 0 spiro atoms. The fraction of sp³-hybridized carbons (Fsp3) is 0.750. The number of hydrazine groups is 1. The minimum absolute atomic E-state index is 0.0288. The van der Waals surface area contributed by atoms with Crippen LogP contribution in [0, 0.1) is 23.7 Å². The van der Waals surface area contributed by atoms with Crippen LogP contribution in [0.3, 0.4) is 0 Å². The SMILES string of the molecule is CC1CNNC1[C@@H](C1COC1)C1CCCC(n2cc3c(C(F)(F)F)cc(CN4CCO[C@H](C)C4)cn3c2=O)C1. The number of morpholine rings is 1. The first kappa shape index (κ1) is 27.3. The second kappa shape index (κ2) is 10.8. The van der Waals surface area contributed by atoms with Crippen LogP contribution in [-0.4, -0.2) is 65.5 Å². The molecule has 4 aliphatic rings. The number of hydrogen-bond donors (Lipinski definition) is 2. The summed E-state index contributed by atoms with van der Waals surface area (Å²) < 4.78 is 56.7. The van der Waals surface area contributed by atoms with Gasteiger partial charge in [0.05, 0.1) is 37.0 Å². The molecular weight excluding hydrogens is 511 g/mol. The molecule has 8 nitrogen and oxygen atoms in total. The van der Waals surface area contributed by atoms with E-state index in [1.807, 2.05) is 6.92 Å². The zero-order valence-electron chi connectivity index (χ0n) is 22.8. The third kappa shape index (κ3) is 5.40. The van der Waals surface area contributed by atoms with Gasteiger partial charge in [0.25, 0.3) is 0 Å². The number of alkyl halides is 3. The molecule has 6 atom stereocenters. The minimum Gasteiger partial charge on any atom is -0.381 e. The van der Waals surface area contributed by atoms with Crippen molar-refractivity contribution in [2.45, 2.75) is 70.4 Å². The molecule has 2 aromatic rings. The molecule has 4 unspecified atom stereocenters. The molecule has 1 aliphatic carbocycles. The molecule has 39 heavy (non-hydrogen) atoms. The Balaban J connectivity index is 1.31. The molecular formula is C28H40F3N5O3. The van der Waals surface area contributed by atoms with E-state index in [4.69, 9.17) is 9.47 Å². The van der Waals surface area contributed by atoms with Crippen LogP contribution in [0.1, 0.15) is 56.7 Å². The van der Waals surface area contributed by atoms with Gasteiger partial charge >= 0.3 is 11.9 Å². The number of ether oxygens (including phenoxy) is 2. The number of hydrogen-bond acceptors (Lipinski definition) is 6. The molecule has 6 rings (SSSR count). The summed E-state index contributed by atoms with van der Waals surface area (Å²) in [5.41, 5.74) is 6.10. The van der Waals surface area contributed by atoms with E-state index in [1.165, 1.54) is 16.7 Å². The molecule has 0 amide bonds. The average Bonchev–Trinajstić information content (AvgIpc) is 3.43. The summed E-state index contributed by atoms with van der Waals surface area (Å²) in [7, 11) is 0. The molecule has 2 aromatic heterocycles. The standard InChI is InChI=1S/C28H40F3N5O3/c1-17-10-32-33-26(17)25(21-15-38-16-21)20-4-3-5-22(9-20)35-14-24-23(28(29,30)31)8-19(13-36(24)27(35)37)12-34-6-7-39-18(2)11-34/h8,13-14,17-18,20-22,25-26,32-33H,3-7,9-12,15-16H2,1-2H3/t17?,18-,20?,22?,25-,26?/m1/s1. The summed E-state index contributed by atoms with van der Waals surface area (Å²) >= 11 is 0.